The first-order valence-corrected chi connectivity index (χ1v) is 8.63. The number of carbonyl (C=O) groups is 1. The van der Waals surface area contributed by atoms with Crippen LogP contribution in [0.3, 0.4) is 0 Å². The van der Waals surface area contributed by atoms with Gasteiger partial charge in [0, 0.05) is 16.6 Å². The number of benzene rings is 2. The number of amides is 1. The van der Waals surface area contributed by atoms with E-state index in [1.165, 1.54) is 6.33 Å². The van der Waals surface area contributed by atoms with E-state index >= 15 is 0 Å². The number of fused-ring (bicyclic) bond motifs is 1. The molecule has 1 amide bonds. The van der Waals surface area contributed by atoms with Crippen molar-refractivity contribution in [3.05, 3.63) is 53.9 Å². The number of nitrogens with one attached hydrogen (secondary N) is 1. The van der Waals surface area contributed by atoms with Gasteiger partial charge in [0.05, 0.1) is 12.1 Å². The third-order valence-corrected chi connectivity index (χ3v) is 4.10. The molecule has 0 saturated carbocycles. The third-order valence-electron chi connectivity index (χ3n) is 4.10. The van der Waals surface area contributed by atoms with E-state index in [9.17, 15) is 4.79 Å². The van der Waals surface area contributed by atoms with E-state index in [4.69, 9.17) is 10.5 Å². The minimum atomic E-state index is -0.469. The molecule has 0 fully saturated rings. The van der Waals surface area contributed by atoms with Gasteiger partial charge in [0.15, 0.2) is 0 Å². The minimum Gasteiger partial charge on any atom is -0.493 e. The normalized spacial score (nSPS) is 10.7. The molecule has 1 heterocycles. The summed E-state index contributed by atoms with van der Waals surface area (Å²) in [7, 11) is 0. The molecule has 0 atom stereocenters. The van der Waals surface area contributed by atoms with Crippen molar-refractivity contribution in [3.8, 4) is 5.75 Å². The molecule has 1 aromatic heterocycles. The van der Waals surface area contributed by atoms with Crippen LogP contribution < -0.4 is 15.8 Å². The lowest BCUT2D eigenvalue weighted by atomic mass is 10.1. The molecule has 26 heavy (non-hydrogen) atoms. The Morgan fingerprint density at radius 1 is 1.23 bits per heavy atom. The van der Waals surface area contributed by atoms with Crippen LogP contribution in [-0.4, -0.2) is 22.5 Å². The Bertz CT molecular complexity index is 940. The first-order chi connectivity index (χ1) is 12.6. The molecule has 6 nitrogen and oxygen atoms in total. The summed E-state index contributed by atoms with van der Waals surface area (Å²) in [6.07, 6.45) is 3.60. The lowest BCUT2D eigenvalue weighted by molar-refractivity contribution is 0.100. The predicted octanol–water partition coefficient (Wildman–Crippen LogP) is 3.96. The highest BCUT2D eigenvalue weighted by atomic mass is 16.5. The van der Waals surface area contributed by atoms with Crippen molar-refractivity contribution >= 4 is 28.3 Å². The van der Waals surface area contributed by atoms with Crippen LogP contribution in [0.2, 0.25) is 0 Å². The summed E-state index contributed by atoms with van der Waals surface area (Å²) in [6.45, 7) is 4.82. The van der Waals surface area contributed by atoms with Gasteiger partial charge in [-0.15, -0.1) is 0 Å². The largest absolute Gasteiger partial charge is 0.493 e. The Balaban J connectivity index is 1.96. The molecule has 0 aliphatic rings. The summed E-state index contributed by atoms with van der Waals surface area (Å²) in [5.74, 6) is 1.01. The fourth-order valence-electron chi connectivity index (χ4n) is 2.66. The Hall–Kier alpha value is -3.15. The maximum absolute atomic E-state index is 11.4. The zero-order valence-corrected chi connectivity index (χ0v) is 15.0. The number of carbonyl (C=O) groups excluding carboxylic acids is 1. The SMILES string of the molecule is CCCCOc1cc2c(Nc3cccc(C(N)=O)c3)ncnc2cc1C. The average Bonchev–Trinajstić information content (AvgIpc) is 2.63. The Morgan fingerprint density at radius 3 is 2.85 bits per heavy atom. The first-order valence-electron chi connectivity index (χ1n) is 8.63. The molecule has 0 aliphatic carbocycles. The lowest BCUT2D eigenvalue weighted by Gasteiger charge is -2.13. The van der Waals surface area contributed by atoms with Crippen molar-refractivity contribution in [2.75, 3.05) is 11.9 Å². The van der Waals surface area contributed by atoms with Gasteiger partial charge in [-0.3, -0.25) is 4.79 Å². The van der Waals surface area contributed by atoms with E-state index in [0.29, 0.717) is 18.0 Å². The van der Waals surface area contributed by atoms with Gasteiger partial charge in [0.1, 0.15) is 17.9 Å². The van der Waals surface area contributed by atoms with Crippen molar-refractivity contribution < 1.29 is 9.53 Å². The summed E-state index contributed by atoms with van der Waals surface area (Å²) in [5, 5.41) is 4.10. The highest BCUT2D eigenvalue weighted by molar-refractivity contribution is 5.95. The van der Waals surface area contributed by atoms with Gasteiger partial charge in [0.2, 0.25) is 5.91 Å². The molecule has 0 spiro atoms. The number of aryl methyl sites for hydroxylation is 1. The topological polar surface area (TPSA) is 90.1 Å². The molecule has 6 heteroatoms. The molecule has 3 N–H and O–H groups in total. The van der Waals surface area contributed by atoms with Gasteiger partial charge < -0.3 is 15.8 Å². The molecule has 134 valence electrons. The molecule has 2 aromatic carbocycles. The standard InChI is InChI=1S/C20H22N4O2/c1-3-4-8-26-18-11-16-17(9-13(18)2)22-12-23-20(16)24-15-7-5-6-14(10-15)19(21)25/h5-7,9-12H,3-4,8H2,1-2H3,(H2,21,25)(H,22,23,24). The number of ether oxygens (including phenoxy) is 1. The second-order valence-corrected chi connectivity index (χ2v) is 6.13. The van der Waals surface area contributed by atoms with Crippen LogP contribution in [0.25, 0.3) is 10.9 Å². The highest BCUT2D eigenvalue weighted by Crippen LogP contribution is 2.30. The maximum atomic E-state index is 11.4. The number of anilines is 2. The van der Waals surface area contributed by atoms with Crippen LogP contribution in [0.1, 0.15) is 35.7 Å². The van der Waals surface area contributed by atoms with E-state index in [0.717, 1.165) is 40.7 Å². The number of nitrogens with zero attached hydrogens (tertiary/aromatic N) is 2. The number of nitrogens with two attached hydrogens (primary N) is 1. The molecule has 3 rings (SSSR count). The molecule has 0 aliphatic heterocycles. The van der Waals surface area contributed by atoms with Gasteiger partial charge in [-0.05, 0) is 49.2 Å². The van der Waals surface area contributed by atoms with Gasteiger partial charge in [-0.2, -0.15) is 0 Å². The molecule has 0 bridgehead atoms. The van der Waals surface area contributed by atoms with Gasteiger partial charge in [-0.25, -0.2) is 9.97 Å². The maximum Gasteiger partial charge on any atom is 0.248 e. The monoisotopic (exact) mass is 350 g/mol. The van der Waals surface area contributed by atoms with Crippen molar-refractivity contribution in [1.29, 1.82) is 0 Å². The van der Waals surface area contributed by atoms with Crippen LogP contribution in [0.5, 0.6) is 5.75 Å². The zero-order chi connectivity index (χ0) is 18.5. The van der Waals surface area contributed by atoms with E-state index in [1.54, 1.807) is 18.2 Å². The van der Waals surface area contributed by atoms with E-state index in [1.807, 2.05) is 25.1 Å². The van der Waals surface area contributed by atoms with Crippen LogP contribution in [-0.2, 0) is 0 Å². The Kier molecular flexibility index (Phi) is 5.31. The fourth-order valence-corrected chi connectivity index (χ4v) is 2.66. The molecular weight excluding hydrogens is 328 g/mol. The summed E-state index contributed by atoms with van der Waals surface area (Å²) in [4.78, 5) is 20.1. The third kappa shape index (κ3) is 3.91. The van der Waals surface area contributed by atoms with E-state index in [-0.39, 0.29) is 0 Å². The van der Waals surface area contributed by atoms with Gasteiger partial charge >= 0.3 is 0 Å². The second-order valence-electron chi connectivity index (χ2n) is 6.13. The van der Waals surface area contributed by atoms with Crippen LogP contribution >= 0.6 is 0 Å². The molecule has 0 unspecified atom stereocenters. The van der Waals surface area contributed by atoms with E-state index < -0.39 is 5.91 Å². The second kappa shape index (κ2) is 7.82. The van der Waals surface area contributed by atoms with Crippen LogP contribution in [0, 0.1) is 6.92 Å². The molecule has 3 aromatic rings. The Morgan fingerprint density at radius 2 is 2.08 bits per heavy atom. The number of rotatable bonds is 7. The highest BCUT2D eigenvalue weighted by Gasteiger charge is 2.10. The zero-order valence-electron chi connectivity index (χ0n) is 15.0. The van der Waals surface area contributed by atoms with Gasteiger partial charge in [-0.1, -0.05) is 19.4 Å². The number of primary amides is 1. The fraction of sp³-hybridized carbons (Fsp3) is 0.250. The quantitative estimate of drug-likeness (QED) is 0.630. The summed E-state index contributed by atoms with van der Waals surface area (Å²) < 4.78 is 5.90. The van der Waals surface area contributed by atoms with Crippen molar-refractivity contribution in [2.24, 2.45) is 5.73 Å². The number of unbranched alkanes of at least 4 members (excludes halogenated alkanes) is 1. The van der Waals surface area contributed by atoms with E-state index in [2.05, 4.69) is 22.2 Å². The molecule has 0 saturated heterocycles. The van der Waals surface area contributed by atoms with Crippen molar-refractivity contribution in [1.82, 2.24) is 9.97 Å². The average molecular weight is 350 g/mol. The van der Waals surface area contributed by atoms with Crippen molar-refractivity contribution in [3.63, 3.8) is 0 Å². The predicted molar refractivity (Wildman–Crippen MR) is 103 cm³/mol. The Labute approximate surface area is 152 Å². The first kappa shape index (κ1) is 17.7. The number of aromatic nitrogens is 2. The summed E-state index contributed by atoms with van der Waals surface area (Å²) in [5.41, 5.74) is 8.39. The number of hydrogen-bond acceptors (Lipinski definition) is 5. The van der Waals surface area contributed by atoms with Gasteiger partial charge in [0.25, 0.3) is 0 Å². The van der Waals surface area contributed by atoms with Crippen LogP contribution in [0.15, 0.2) is 42.7 Å². The molecular formula is C20H22N4O2. The minimum absolute atomic E-state index is 0.438. The summed E-state index contributed by atoms with van der Waals surface area (Å²) >= 11 is 0. The smallest absolute Gasteiger partial charge is 0.248 e. The summed E-state index contributed by atoms with van der Waals surface area (Å²) in [6, 6.07) is 10.9. The molecule has 0 radical (unpaired) electrons. The number of hydrogen-bond donors (Lipinski definition) is 2. The van der Waals surface area contributed by atoms with Crippen molar-refractivity contribution in [2.45, 2.75) is 26.7 Å². The lowest BCUT2D eigenvalue weighted by Crippen LogP contribution is -2.10. The van der Waals surface area contributed by atoms with Crippen LogP contribution in [0.4, 0.5) is 11.5 Å².